The molecule has 0 aliphatic rings. The first-order valence-corrected chi connectivity index (χ1v) is 15.9. The van der Waals surface area contributed by atoms with Crippen molar-refractivity contribution in [2.24, 2.45) is 4.99 Å². The van der Waals surface area contributed by atoms with Crippen LogP contribution in [0, 0.1) is 0 Å². The van der Waals surface area contributed by atoms with Gasteiger partial charge in [-0.15, -0.1) is 0 Å². The second kappa shape index (κ2) is 11.3. The van der Waals surface area contributed by atoms with E-state index in [4.69, 9.17) is 16.3 Å². The Kier molecular flexibility index (Phi) is 8.25. The van der Waals surface area contributed by atoms with Gasteiger partial charge in [-0.3, -0.25) is 14.3 Å². The number of ether oxygens (including phenoxy) is 1. The number of fused-ring (bicyclic) bond motifs is 1. The van der Waals surface area contributed by atoms with Gasteiger partial charge in [0.1, 0.15) is 6.54 Å². The minimum atomic E-state index is -3.87. The number of thiazole rings is 1. The summed E-state index contributed by atoms with van der Waals surface area (Å²) in [4.78, 5) is 29.7. The maximum absolute atomic E-state index is 13.0. The Hall–Kier alpha value is -3.52. The fraction of sp³-hybridized carbons (Fsp3) is 0.160. The van der Waals surface area contributed by atoms with E-state index in [0.717, 1.165) is 17.6 Å². The molecule has 0 fully saturated rings. The topological polar surface area (TPSA) is 141 Å². The summed E-state index contributed by atoms with van der Waals surface area (Å²) in [7, 11) is -7.35. The lowest BCUT2D eigenvalue weighted by Gasteiger charge is -2.08. The van der Waals surface area contributed by atoms with Crippen molar-refractivity contribution in [2.75, 3.05) is 17.6 Å². The second-order valence-electron chi connectivity index (χ2n) is 8.23. The van der Waals surface area contributed by atoms with Gasteiger partial charge in [0.25, 0.3) is 15.9 Å². The fourth-order valence-electron chi connectivity index (χ4n) is 3.52. The van der Waals surface area contributed by atoms with Crippen LogP contribution in [0.2, 0.25) is 5.02 Å². The molecule has 0 radical (unpaired) electrons. The molecule has 0 bridgehead atoms. The number of amides is 1. The number of hydrogen-bond donors (Lipinski definition) is 1. The van der Waals surface area contributed by atoms with Gasteiger partial charge in [0.15, 0.2) is 14.6 Å². The molecule has 0 saturated carbocycles. The third kappa shape index (κ3) is 6.74. The summed E-state index contributed by atoms with van der Waals surface area (Å²) in [6.07, 6.45) is 1.09. The SMILES string of the molecule is CCOC(=O)Cn1c(=NC(=O)c2ccc(NS(=O)(=O)c3ccc(Cl)cc3)cc2)sc2cc(S(C)(=O)=O)ccc21. The largest absolute Gasteiger partial charge is 0.465 e. The predicted molar refractivity (Wildman–Crippen MR) is 148 cm³/mol. The van der Waals surface area contributed by atoms with Crippen molar-refractivity contribution >= 4 is 70.6 Å². The average molecular weight is 608 g/mol. The first-order chi connectivity index (χ1) is 18.4. The molecule has 0 saturated heterocycles. The lowest BCUT2D eigenvalue weighted by atomic mass is 10.2. The molecule has 204 valence electrons. The van der Waals surface area contributed by atoms with Crippen LogP contribution in [0.25, 0.3) is 10.2 Å². The average Bonchev–Trinajstić information content (AvgIpc) is 3.20. The molecule has 4 aromatic rings. The van der Waals surface area contributed by atoms with Crippen molar-refractivity contribution in [1.82, 2.24) is 4.57 Å². The predicted octanol–water partition coefficient (Wildman–Crippen LogP) is 3.86. The van der Waals surface area contributed by atoms with Gasteiger partial charge >= 0.3 is 5.97 Å². The van der Waals surface area contributed by atoms with Crippen LogP contribution in [0.5, 0.6) is 0 Å². The van der Waals surface area contributed by atoms with Crippen LogP contribution in [0.1, 0.15) is 17.3 Å². The monoisotopic (exact) mass is 607 g/mol. The third-order valence-corrected chi connectivity index (χ3v) is 9.18. The van der Waals surface area contributed by atoms with Crippen molar-refractivity contribution in [1.29, 1.82) is 0 Å². The summed E-state index contributed by atoms with van der Waals surface area (Å²) in [5.41, 5.74) is 0.911. The van der Waals surface area contributed by atoms with Gasteiger partial charge < -0.3 is 9.30 Å². The molecule has 4 rings (SSSR count). The molecule has 0 spiro atoms. The standard InChI is InChI=1S/C25H22ClN3O7S3/c1-3-36-23(30)15-29-21-13-12-20(38(2,32)33)14-22(21)37-25(29)27-24(31)16-4-8-18(9-5-16)28-39(34,35)19-10-6-17(26)7-11-19/h4-14,28H,3,15H2,1-2H3. The highest BCUT2D eigenvalue weighted by molar-refractivity contribution is 7.92. The van der Waals surface area contributed by atoms with Crippen LogP contribution in [0.15, 0.2) is 81.5 Å². The van der Waals surface area contributed by atoms with Gasteiger partial charge in [0, 0.05) is 22.5 Å². The van der Waals surface area contributed by atoms with Gasteiger partial charge in [-0.25, -0.2) is 16.8 Å². The van der Waals surface area contributed by atoms with E-state index < -0.39 is 31.7 Å². The quantitative estimate of drug-likeness (QED) is 0.300. The van der Waals surface area contributed by atoms with E-state index in [2.05, 4.69) is 9.71 Å². The number of rotatable bonds is 8. The van der Waals surface area contributed by atoms with Crippen LogP contribution >= 0.6 is 22.9 Å². The molecule has 1 heterocycles. The van der Waals surface area contributed by atoms with Gasteiger partial charge in [0.05, 0.1) is 26.6 Å². The summed E-state index contributed by atoms with van der Waals surface area (Å²) < 4.78 is 58.7. The number of nitrogens with zero attached hydrogens (tertiary/aromatic N) is 2. The Morgan fingerprint density at radius 2 is 1.62 bits per heavy atom. The Morgan fingerprint density at radius 3 is 2.23 bits per heavy atom. The molecule has 0 aliphatic carbocycles. The number of carbonyl (C=O) groups is 2. The summed E-state index contributed by atoms with van der Waals surface area (Å²) in [5.74, 6) is -1.19. The van der Waals surface area contributed by atoms with Gasteiger partial charge in [-0.05, 0) is 73.7 Å². The van der Waals surface area contributed by atoms with E-state index in [1.807, 2.05) is 0 Å². The number of anilines is 1. The van der Waals surface area contributed by atoms with Crippen LogP contribution in [-0.4, -0.2) is 46.1 Å². The lowest BCUT2D eigenvalue weighted by molar-refractivity contribution is -0.143. The lowest BCUT2D eigenvalue weighted by Crippen LogP contribution is -2.23. The molecular formula is C25H22ClN3O7S3. The van der Waals surface area contributed by atoms with Crippen molar-refractivity contribution in [3.63, 3.8) is 0 Å². The van der Waals surface area contributed by atoms with Crippen molar-refractivity contribution in [2.45, 2.75) is 23.3 Å². The minimum absolute atomic E-state index is 0.0250. The van der Waals surface area contributed by atoms with Crippen molar-refractivity contribution < 1.29 is 31.2 Å². The number of aromatic nitrogens is 1. The van der Waals surface area contributed by atoms with Gasteiger partial charge in [0.2, 0.25) is 0 Å². The first-order valence-electron chi connectivity index (χ1n) is 11.3. The number of nitrogens with one attached hydrogen (secondary N) is 1. The highest BCUT2D eigenvalue weighted by atomic mass is 35.5. The molecule has 0 atom stereocenters. The second-order valence-corrected chi connectivity index (χ2v) is 13.4. The van der Waals surface area contributed by atoms with Crippen LogP contribution in [0.3, 0.4) is 0 Å². The fourth-order valence-corrected chi connectivity index (χ4v) is 6.49. The molecule has 0 aliphatic heterocycles. The highest BCUT2D eigenvalue weighted by Gasteiger charge is 2.17. The normalized spacial score (nSPS) is 12.4. The number of sulfonamides is 1. The van der Waals surface area contributed by atoms with Crippen LogP contribution in [0.4, 0.5) is 5.69 Å². The number of halogens is 1. The molecule has 1 aromatic heterocycles. The summed E-state index contributed by atoms with van der Waals surface area (Å²) in [6.45, 7) is 1.60. The Bertz CT molecular complexity index is 1840. The molecule has 10 nitrogen and oxygen atoms in total. The molecule has 14 heteroatoms. The zero-order chi connectivity index (χ0) is 28.4. The van der Waals surface area contributed by atoms with Crippen LogP contribution < -0.4 is 9.52 Å². The van der Waals surface area contributed by atoms with E-state index in [9.17, 15) is 26.4 Å². The summed E-state index contributed by atoms with van der Waals surface area (Å²) >= 11 is 6.87. The van der Waals surface area contributed by atoms with E-state index in [1.54, 1.807) is 13.0 Å². The number of esters is 1. The van der Waals surface area contributed by atoms with Gasteiger partial charge in [-0.2, -0.15) is 4.99 Å². The molecule has 0 unspecified atom stereocenters. The highest BCUT2D eigenvalue weighted by Crippen LogP contribution is 2.23. The van der Waals surface area contributed by atoms with Crippen molar-refractivity contribution in [3.8, 4) is 0 Å². The maximum Gasteiger partial charge on any atom is 0.326 e. The molecule has 1 N–H and O–H groups in total. The maximum atomic E-state index is 13.0. The number of hydrogen-bond acceptors (Lipinski definition) is 8. The summed E-state index contributed by atoms with van der Waals surface area (Å²) in [5, 5.41) is 0.401. The van der Waals surface area contributed by atoms with E-state index in [-0.39, 0.29) is 39.0 Å². The summed E-state index contributed by atoms with van der Waals surface area (Å²) in [6, 6.07) is 15.8. The molecule has 3 aromatic carbocycles. The van der Waals surface area contributed by atoms with E-state index in [0.29, 0.717) is 15.2 Å². The molecule has 1 amide bonds. The van der Waals surface area contributed by atoms with Crippen LogP contribution in [-0.2, 0) is 35.9 Å². The Labute approximate surface area is 233 Å². The van der Waals surface area contributed by atoms with Gasteiger partial charge in [-0.1, -0.05) is 22.9 Å². The van der Waals surface area contributed by atoms with Crippen molar-refractivity contribution in [3.05, 3.63) is 82.1 Å². The zero-order valence-electron chi connectivity index (χ0n) is 20.6. The first kappa shape index (κ1) is 28.5. The number of sulfone groups is 1. The molecular weight excluding hydrogens is 586 g/mol. The Balaban J connectivity index is 1.66. The van der Waals surface area contributed by atoms with E-state index in [1.165, 1.54) is 65.2 Å². The minimum Gasteiger partial charge on any atom is -0.465 e. The number of benzene rings is 3. The molecule has 39 heavy (non-hydrogen) atoms. The number of carbonyl (C=O) groups excluding carboxylic acids is 2. The van der Waals surface area contributed by atoms with E-state index >= 15 is 0 Å². The smallest absolute Gasteiger partial charge is 0.326 e. The third-order valence-electron chi connectivity index (χ3n) is 5.38. The Morgan fingerprint density at radius 1 is 0.974 bits per heavy atom. The zero-order valence-corrected chi connectivity index (χ0v) is 23.8.